The largest absolute Gasteiger partial charge is 0.359 e. The van der Waals surface area contributed by atoms with Crippen molar-refractivity contribution >= 4 is 0 Å². The molecule has 1 aromatic heterocycles. The van der Waals surface area contributed by atoms with Crippen molar-refractivity contribution in [2.24, 2.45) is 11.8 Å². The third-order valence-corrected chi connectivity index (χ3v) is 7.15. The maximum Gasteiger partial charge on any atom is 0.148 e. The summed E-state index contributed by atoms with van der Waals surface area (Å²) in [5, 5.41) is 15.5. The first-order valence-corrected chi connectivity index (χ1v) is 11.3. The molecule has 1 aromatic carbocycles. The molecule has 8 heteroatoms. The summed E-state index contributed by atoms with van der Waals surface area (Å²) in [5.74, 6) is 0.583. The number of benzene rings is 1. The number of aromatic nitrogens is 3. The van der Waals surface area contributed by atoms with Crippen LogP contribution in [0.2, 0.25) is 0 Å². The first-order chi connectivity index (χ1) is 15.2. The van der Waals surface area contributed by atoms with E-state index in [9.17, 15) is 4.39 Å². The Hall–Kier alpha value is -1.87. The van der Waals surface area contributed by atoms with E-state index in [1.165, 1.54) is 6.07 Å². The summed E-state index contributed by atoms with van der Waals surface area (Å²) in [6.45, 7) is 3.39. The van der Waals surface area contributed by atoms with Crippen LogP contribution in [-0.4, -0.2) is 54.8 Å². The van der Waals surface area contributed by atoms with Crippen molar-refractivity contribution in [2.75, 3.05) is 33.7 Å². The molecule has 1 aliphatic heterocycles. The van der Waals surface area contributed by atoms with Crippen molar-refractivity contribution in [1.82, 2.24) is 25.6 Å². The van der Waals surface area contributed by atoms with Crippen molar-refractivity contribution < 1.29 is 13.9 Å². The maximum atomic E-state index is 14.5. The van der Waals surface area contributed by atoms with Gasteiger partial charge in [-0.05, 0) is 68.3 Å². The number of methoxy groups -OCH3 is 1. The van der Waals surface area contributed by atoms with Crippen LogP contribution in [-0.2, 0) is 21.4 Å². The molecule has 0 spiro atoms. The smallest absolute Gasteiger partial charge is 0.148 e. The Bertz CT molecular complexity index is 799. The van der Waals surface area contributed by atoms with Gasteiger partial charge in [-0.3, -0.25) is 10.00 Å². The number of piperidine rings is 1. The number of hydrogen-bond acceptors (Lipinski definition) is 6. The summed E-state index contributed by atoms with van der Waals surface area (Å²) in [7, 11) is 1.63. The second-order valence-corrected chi connectivity index (χ2v) is 8.78. The lowest BCUT2D eigenvalue weighted by molar-refractivity contribution is -0.0434. The first-order valence-electron chi connectivity index (χ1n) is 11.3. The molecule has 31 heavy (non-hydrogen) atoms. The Balaban J connectivity index is 1.74. The highest BCUT2D eigenvalue weighted by molar-refractivity contribution is 5.30. The van der Waals surface area contributed by atoms with Gasteiger partial charge in [0, 0.05) is 24.8 Å². The predicted octanol–water partition coefficient (Wildman–Crippen LogP) is 2.69. The molecular weight excluding hydrogens is 397 g/mol. The van der Waals surface area contributed by atoms with Crippen LogP contribution in [0.25, 0.3) is 0 Å². The normalized spacial score (nSPS) is 24.3. The lowest BCUT2D eigenvalue weighted by atomic mass is 9.58. The van der Waals surface area contributed by atoms with Gasteiger partial charge in [0.1, 0.15) is 12.6 Å². The molecule has 1 saturated carbocycles. The monoisotopic (exact) mass is 431 g/mol. The van der Waals surface area contributed by atoms with E-state index >= 15 is 0 Å². The van der Waals surface area contributed by atoms with Crippen LogP contribution < -0.4 is 10.6 Å². The predicted molar refractivity (Wildman–Crippen MR) is 116 cm³/mol. The van der Waals surface area contributed by atoms with Gasteiger partial charge in [-0.2, -0.15) is 0 Å². The lowest BCUT2D eigenvalue weighted by Crippen LogP contribution is -2.54. The van der Waals surface area contributed by atoms with Crippen molar-refractivity contribution in [2.45, 2.75) is 50.1 Å². The zero-order chi connectivity index (χ0) is 21.5. The SMILES string of the molecule is COCOCN[C@H]1CCC[C@@H]1C(Cn1ccnn1)(c1cccc(F)c1)C1CCNCC1. The Kier molecular flexibility index (Phi) is 7.66. The molecule has 3 atom stereocenters. The highest BCUT2D eigenvalue weighted by atomic mass is 19.1. The first kappa shape index (κ1) is 22.3. The van der Waals surface area contributed by atoms with Crippen LogP contribution in [0.4, 0.5) is 4.39 Å². The quantitative estimate of drug-likeness (QED) is 0.445. The maximum absolute atomic E-state index is 14.5. The van der Waals surface area contributed by atoms with Gasteiger partial charge in [0.25, 0.3) is 0 Å². The highest BCUT2D eigenvalue weighted by Crippen LogP contribution is 2.51. The van der Waals surface area contributed by atoms with Crippen LogP contribution in [0, 0.1) is 17.7 Å². The third-order valence-electron chi connectivity index (χ3n) is 7.15. The fourth-order valence-corrected chi connectivity index (χ4v) is 5.90. The number of halogens is 1. The number of ether oxygens (including phenoxy) is 2. The van der Waals surface area contributed by atoms with E-state index in [-0.39, 0.29) is 18.0 Å². The lowest BCUT2D eigenvalue weighted by Gasteiger charge is -2.49. The van der Waals surface area contributed by atoms with Crippen LogP contribution in [0.15, 0.2) is 36.7 Å². The van der Waals surface area contributed by atoms with Crippen molar-refractivity contribution in [1.29, 1.82) is 0 Å². The van der Waals surface area contributed by atoms with Gasteiger partial charge in [0.05, 0.1) is 19.5 Å². The topological polar surface area (TPSA) is 73.2 Å². The second kappa shape index (κ2) is 10.6. The minimum Gasteiger partial charge on any atom is -0.359 e. The summed E-state index contributed by atoms with van der Waals surface area (Å²) in [4.78, 5) is 0. The van der Waals surface area contributed by atoms with E-state index in [4.69, 9.17) is 9.47 Å². The fraction of sp³-hybridized carbons (Fsp3) is 0.652. The average Bonchev–Trinajstić information content (AvgIpc) is 3.48. The molecule has 2 fully saturated rings. The van der Waals surface area contributed by atoms with E-state index in [0.717, 1.165) is 50.8 Å². The molecular formula is C23H34FN5O2. The average molecular weight is 432 g/mol. The third kappa shape index (κ3) is 4.98. The van der Waals surface area contributed by atoms with E-state index in [1.54, 1.807) is 19.4 Å². The Morgan fingerprint density at radius 1 is 1.26 bits per heavy atom. The molecule has 0 bridgehead atoms. The number of nitrogens with one attached hydrogen (secondary N) is 2. The number of hydrogen-bond donors (Lipinski definition) is 2. The minimum atomic E-state index is -0.243. The molecule has 7 nitrogen and oxygen atoms in total. The van der Waals surface area contributed by atoms with Gasteiger partial charge in [0.2, 0.25) is 0 Å². The summed E-state index contributed by atoms with van der Waals surface area (Å²) < 4.78 is 27.0. The van der Waals surface area contributed by atoms with Gasteiger partial charge < -0.3 is 14.8 Å². The zero-order valence-electron chi connectivity index (χ0n) is 18.3. The van der Waals surface area contributed by atoms with E-state index in [0.29, 0.717) is 31.2 Å². The van der Waals surface area contributed by atoms with Gasteiger partial charge in [0.15, 0.2) is 0 Å². The van der Waals surface area contributed by atoms with Crippen LogP contribution in [0.1, 0.15) is 37.7 Å². The van der Waals surface area contributed by atoms with Crippen molar-refractivity contribution in [3.05, 3.63) is 48.0 Å². The summed E-state index contributed by atoms with van der Waals surface area (Å²) in [5.41, 5.74) is 0.833. The number of rotatable bonds is 10. The van der Waals surface area contributed by atoms with Gasteiger partial charge in [-0.1, -0.05) is 23.8 Å². The Morgan fingerprint density at radius 2 is 2.13 bits per heavy atom. The second-order valence-electron chi connectivity index (χ2n) is 8.78. The van der Waals surface area contributed by atoms with Crippen molar-refractivity contribution in [3.63, 3.8) is 0 Å². The summed E-state index contributed by atoms with van der Waals surface area (Å²) >= 11 is 0. The molecule has 170 valence electrons. The Morgan fingerprint density at radius 3 is 2.87 bits per heavy atom. The minimum absolute atomic E-state index is 0.180. The van der Waals surface area contributed by atoms with E-state index in [2.05, 4.69) is 27.0 Å². The van der Waals surface area contributed by atoms with Gasteiger partial charge >= 0.3 is 0 Å². The van der Waals surface area contributed by atoms with Crippen molar-refractivity contribution in [3.8, 4) is 0 Å². The van der Waals surface area contributed by atoms with Gasteiger partial charge in [-0.25, -0.2) is 4.39 Å². The molecule has 2 aromatic rings. The molecule has 2 N–H and O–H groups in total. The fourth-order valence-electron chi connectivity index (χ4n) is 5.90. The van der Waals surface area contributed by atoms with Crippen LogP contribution in [0.5, 0.6) is 0 Å². The highest BCUT2D eigenvalue weighted by Gasteiger charge is 2.51. The van der Waals surface area contributed by atoms with Gasteiger partial charge in [-0.15, -0.1) is 5.10 Å². The molecule has 1 saturated heterocycles. The standard InChI is InChI=1S/C23H34FN5O2/c1-30-17-31-16-26-22-7-3-6-21(22)23(15-29-13-12-27-28-29,18-8-10-25-11-9-18)19-4-2-5-20(24)14-19/h2,4-5,12-14,18,21-22,25-26H,3,6-11,15-17H2,1H3/t21-,22-,23?/m0/s1. The molecule has 4 rings (SSSR count). The molecule has 1 aliphatic carbocycles. The molecule has 1 unspecified atom stereocenters. The van der Waals surface area contributed by atoms with Crippen LogP contribution >= 0.6 is 0 Å². The van der Waals surface area contributed by atoms with Crippen LogP contribution in [0.3, 0.4) is 0 Å². The number of nitrogens with zero attached hydrogens (tertiary/aromatic N) is 3. The molecule has 2 heterocycles. The summed E-state index contributed by atoms with van der Waals surface area (Å²) in [6, 6.07) is 7.53. The van der Waals surface area contributed by atoms with E-state index in [1.807, 2.05) is 16.9 Å². The Labute approximate surface area is 183 Å². The molecule has 2 aliphatic rings. The summed E-state index contributed by atoms with van der Waals surface area (Å²) in [6.07, 6.45) is 9.10. The zero-order valence-corrected chi connectivity index (χ0v) is 18.3. The van der Waals surface area contributed by atoms with E-state index < -0.39 is 0 Å². The molecule has 0 amide bonds. The molecule has 0 radical (unpaired) electrons.